The van der Waals surface area contributed by atoms with Crippen molar-refractivity contribution < 1.29 is 8.42 Å². The van der Waals surface area contributed by atoms with Crippen LogP contribution in [0, 0.1) is 12.8 Å². The summed E-state index contributed by atoms with van der Waals surface area (Å²) in [7, 11) is -3.78. The Kier molecular flexibility index (Phi) is 5.86. The number of rotatable bonds is 4. The molecule has 1 aliphatic heterocycles. The summed E-state index contributed by atoms with van der Waals surface area (Å²) < 4.78 is 28.9. The second-order valence-corrected chi connectivity index (χ2v) is 11.4. The minimum atomic E-state index is -3.78. The van der Waals surface area contributed by atoms with E-state index in [1.807, 2.05) is 25.1 Å². The van der Waals surface area contributed by atoms with Crippen LogP contribution < -0.4 is 10.0 Å². The van der Waals surface area contributed by atoms with E-state index in [1.165, 1.54) is 0 Å². The number of sulfonamides is 1. The molecule has 170 valence electrons. The van der Waals surface area contributed by atoms with Crippen LogP contribution in [0.3, 0.4) is 0 Å². The van der Waals surface area contributed by atoms with Crippen LogP contribution in [0.1, 0.15) is 35.1 Å². The van der Waals surface area contributed by atoms with Crippen molar-refractivity contribution in [1.82, 2.24) is 0 Å². The van der Waals surface area contributed by atoms with Gasteiger partial charge in [-0.25, -0.2) is 8.42 Å². The Balaban J connectivity index is 1.49. The topological polar surface area (TPSA) is 58.2 Å². The molecule has 4 nitrogen and oxygen atoms in total. The molecule has 33 heavy (non-hydrogen) atoms. The number of halogens is 3. The Labute approximate surface area is 208 Å². The number of allylic oxidation sites excluding steroid dienone is 2. The Morgan fingerprint density at radius 1 is 0.939 bits per heavy atom. The summed E-state index contributed by atoms with van der Waals surface area (Å²) in [5, 5.41) is 5.31. The maximum absolute atomic E-state index is 13.1. The molecule has 0 fully saturated rings. The fraction of sp³-hybridized carbons (Fsp3) is 0.200. The average Bonchev–Trinajstić information content (AvgIpc) is 3.26. The summed E-state index contributed by atoms with van der Waals surface area (Å²) in [5.41, 5.74) is 4.16. The molecule has 3 aromatic carbocycles. The van der Waals surface area contributed by atoms with Gasteiger partial charge in [-0.3, -0.25) is 4.72 Å². The monoisotopic (exact) mass is 518 g/mol. The van der Waals surface area contributed by atoms with Gasteiger partial charge in [-0.2, -0.15) is 0 Å². The van der Waals surface area contributed by atoms with Crippen LogP contribution in [0.4, 0.5) is 11.4 Å². The lowest BCUT2D eigenvalue weighted by molar-refractivity contribution is 0.425. The molecule has 0 unspecified atom stereocenters. The molecular weight excluding hydrogens is 499 g/mol. The van der Waals surface area contributed by atoms with Gasteiger partial charge >= 0.3 is 0 Å². The van der Waals surface area contributed by atoms with E-state index in [1.54, 1.807) is 36.4 Å². The van der Waals surface area contributed by atoms with Crippen molar-refractivity contribution in [3.05, 3.63) is 98.5 Å². The van der Waals surface area contributed by atoms with E-state index in [2.05, 4.69) is 22.2 Å². The lowest BCUT2D eigenvalue weighted by atomic mass is 9.77. The van der Waals surface area contributed by atoms with Crippen LogP contribution in [0.5, 0.6) is 0 Å². The first-order valence-corrected chi connectivity index (χ1v) is 13.2. The van der Waals surface area contributed by atoms with Crippen LogP contribution in [-0.4, -0.2) is 8.42 Å². The maximum Gasteiger partial charge on any atom is 0.261 e. The molecule has 5 rings (SSSR count). The van der Waals surface area contributed by atoms with Gasteiger partial charge in [0, 0.05) is 26.7 Å². The highest BCUT2D eigenvalue weighted by atomic mass is 35.5. The van der Waals surface area contributed by atoms with E-state index in [-0.39, 0.29) is 22.8 Å². The molecule has 0 radical (unpaired) electrons. The van der Waals surface area contributed by atoms with Crippen molar-refractivity contribution in [2.75, 3.05) is 10.0 Å². The van der Waals surface area contributed by atoms with E-state index < -0.39 is 10.0 Å². The van der Waals surface area contributed by atoms with Crippen molar-refractivity contribution >= 4 is 56.2 Å². The average molecular weight is 520 g/mol. The molecule has 1 aliphatic carbocycles. The molecule has 3 atom stereocenters. The quantitative estimate of drug-likeness (QED) is 0.349. The summed E-state index contributed by atoms with van der Waals surface area (Å²) in [6, 6.07) is 15.9. The van der Waals surface area contributed by atoms with Crippen LogP contribution in [0.25, 0.3) is 0 Å². The number of fused-ring (bicyclic) bond motifs is 3. The van der Waals surface area contributed by atoms with Gasteiger partial charge < -0.3 is 5.32 Å². The Bertz CT molecular complexity index is 1390. The second-order valence-electron chi connectivity index (χ2n) is 8.46. The molecule has 2 aliphatic rings. The number of hydrogen-bond acceptors (Lipinski definition) is 3. The molecule has 0 saturated heterocycles. The van der Waals surface area contributed by atoms with Crippen LogP contribution in [0.15, 0.2) is 71.6 Å². The zero-order chi connectivity index (χ0) is 23.3. The Morgan fingerprint density at radius 3 is 2.52 bits per heavy atom. The molecule has 0 bridgehead atoms. The number of hydrogen-bond donors (Lipinski definition) is 2. The largest absolute Gasteiger partial charge is 0.378 e. The Hall–Kier alpha value is -2.18. The van der Waals surface area contributed by atoms with Crippen LogP contribution in [-0.2, 0) is 10.0 Å². The van der Waals surface area contributed by atoms with Gasteiger partial charge in [0.1, 0.15) is 0 Å². The Morgan fingerprint density at radius 2 is 1.76 bits per heavy atom. The van der Waals surface area contributed by atoms with Crippen LogP contribution in [0.2, 0.25) is 15.1 Å². The van der Waals surface area contributed by atoms with E-state index in [4.69, 9.17) is 34.8 Å². The highest BCUT2D eigenvalue weighted by molar-refractivity contribution is 7.92. The first-order valence-electron chi connectivity index (χ1n) is 10.5. The van der Waals surface area contributed by atoms with E-state index >= 15 is 0 Å². The molecule has 0 saturated carbocycles. The lowest BCUT2D eigenvalue weighted by Crippen LogP contribution is -2.29. The van der Waals surface area contributed by atoms with E-state index in [9.17, 15) is 8.42 Å². The van der Waals surface area contributed by atoms with Gasteiger partial charge in [0.2, 0.25) is 0 Å². The zero-order valence-electron chi connectivity index (χ0n) is 17.6. The third-order valence-corrected chi connectivity index (χ3v) is 8.71. The van der Waals surface area contributed by atoms with Gasteiger partial charge in [-0.15, -0.1) is 0 Å². The van der Waals surface area contributed by atoms with E-state index in [0.717, 1.165) is 28.8 Å². The van der Waals surface area contributed by atoms with Crippen molar-refractivity contribution in [2.24, 2.45) is 5.92 Å². The third kappa shape index (κ3) is 4.24. The molecule has 2 N–H and O–H groups in total. The summed E-state index contributed by atoms with van der Waals surface area (Å²) in [6.07, 6.45) is 5.18. The molecule has 1 heterocycles. The van der Waals surface area contributed by atoms with Crippen molar-refractivity contribution in [1.29, 1.82) is 0 Å². The fourth-order valence-corrected chi connectivity index (χ4v) is 6.46. The smallest absolute Gasteiger partial charge is 0.261 e. The highest BCUT2D eigenvalue weighted by Gasteiger charge is 2.39. The summed E-state index contributed by atoms with van der Waals surface area (Å²) >= 11 is 18.8. The molecule has 0 amide bonds. The SMILES string of the molecule is Cc1ccc(NS(=O)(=O)c2ccc3c(c2)[C@H]2C=CC[C@H]2[C@@H](c2ccc(Cl)cc2Cl)N3)cc1Cl. The van der Waals surface area contributed by atoms with Crippen LogP contribution >= 0.6 is 34.8 Å². The first kappa shape index (κ1) is 22.6. The van der Waals surface area contributed by atoms with Gasteiger partial charge in [-0.1, -0.05) is 59.1 Å². The minimum absolute atomic E-state index is 0.00227. The predicted octanol–water partition coefficient (Wildman–Crippen LogP) is 7.58. The molecular formula is C25H21Cl3N2O2S. The molecule has 8 heteroatoms. The van der Waals surface area contributed by atoms with E-state index in [0.29, 0.717) is 20.8 Å². The molecule has 0 aromatic heterocycles. The standard InChI is InChI=1S/C25H21Cl3N2O2S/c1-14-5-7-16(12-22(14)27)30-33(31,32)17-8-10-24-21(13-17)18-3-2-4-19(18)25(29-24)20-9-6-15(26)11-23(20)28/h2-3,5-13,18-19,25,29-30H,4H2,1H3/t18-,19+,25-/m0/s1. The fourth-order valence-electron chi connectivity index (χ4n) is 4.67. The second kappa shape index (κ2) is 8.55. The van der Waals surface area contributed by atoms with Crippen molar-refractivity contribution in [2.45, 2.75) is 30.2 Å². The number of aryl methyl sites for hydroxylation is 1. The van der Waals surface area contributed by atoms with Crippen molar-refractivity contribution in [3.63, 3.8) is 0 Å². The predicted molar refractivity (Wildman–Crippen MR) is 136 cm³/mol. The maximum atomic E-state index is 13.1. The lowest BCUT2D eigenvalue weighted by Gasteiger charge is -2.38. The first-order chi connectivity index (χ1) is 15.7. The number of anilines is 2. The highest BCUT2D eigenvalue weighted by Crippen LogP contribution is 2.51. The van der Waals surface area contributed by atoms with Gasteiger partial charge in [-0.05, 0) is 78.4 Å². The summed E-state index contributed by atoms with van der Waals surface area (Å²) in [5.74, 6) is 0.306. The number of benzene rings is 3. The summed E-state index contributed by atoms with van der Waals surface area (Å²) in [6.45, 7) is 1.87. The van der Waals surface area contributed by atoms with Gasteiger partial charge in [0.15, 0.2) is 0 Å². The zero-order valence-corrected chi connectivity index (χ0v) is 20.7. The molecule has 3 aromatic rings. The minimum Gasteiger partial charge on any atom is -0.378 e. The summed E-state index contributed by atoms with van der Waals surface area (Å²) in [4.78, 5) is 0.210. The molecule has 0 spiro atoms. The van der Waals surface area contributed by atoms with Gasteiger partial charge in [0.05, 0.1) is 16.6 Å². The van der Waals surface area contributed by atoms with Crippen molar-refractivity contribution in [3.8, 4) is 0 Å². The third-order valence-electron chi connectivity index (χ3n) is 6.37. The normalized spacial score (nSPS) is 21.3. The van der Waals surface area contributed by atoms with Gasteiger partial charge in [0.25, 0.3) is 10.0 Å². The number of nitrogens with one attached hydrogen (secondary N) is 2.